The van der Waals surface area contributed by atoms with Crippen molar-refractivity contribution in [2.45, 2.75) is 13.5 Å². The molecule has 0 saturated carbocycles. The number of imide groups is 1. The van der Waals surface area contributed by atoms with Crippen LogP contribution in [0.2, 0.25) is 5.02 Å². The topological polar surface area (TPSA) is 67.9 Å². The molecule has 33 heavy (non-hydrogen) atoms. The number of rotatable bonds is 7. The Morgan fingerprint density at radius 3 is 2.30 bits per heavy atom. The van der Waals surface area contributed by atoms with Crippen LogP contribution >= 0.6 is 11.6 Å². The summed E-state index contributed by atoms with van der Waals surface area (Å²) < 4.78 is 10.7. The van der Waals surface area contributed by atoms with Gasteiger partial charge in [0.2, 0.25) is 0 Å². The van der Waals surface area contributed by atoms with Crippen LogP contribution in [0.15, 0.2) is 72.4 Å². The molecular weight excluding hydrogens is 440 g/mol. The van der Waals surface area contributed by atoms with Crippen LogP contribution in [0.1, 0.15) is 16.7 Å². The van der Waals surface area contributed by atoms with Crippen molar-refractivity contribution in [1.29, 1.82) is 0 Å². The average Bonchev–Trinajstić information content (AvgIpc) is 3.06. The van der Waals surface area contributed by atoms with Gasteiger partial charge in [-0.2, -0.15) is 0 Å². The number of carbonyl (C=O) groups excluding carboxylic acids is 2. The van der Waals surface area contributed by atoms with E-state index in [1.54, 1.807) is 30.3 Å². The summed E-state index contributed by atoms with van der Waals surface area (Å²) >= 11 is 6.28. The van der Waals surface area contributed by atoms with Gasteiger partial charge in [0.1, 0.15) is 5.70 Å². The molecule has 0 radical (unpaired) electrons. The molecule has 0 aromatic heterocycles. The maximum Gasteiger partial charge on any atom is 0.278 e. The van der Waals surface area contributed by atoms with E-state index in [4.69, 9.17) is 21.1 Å². The third kappa shape index (κ3) is 4.30. The maximum atomic E-state index is 13.5. The summed E-state index contributed by atoms with van der Waals surface area (Å²) in [7, 11) is 3.06. The van der Waals surface area contributed by atoms with Gasteiger partial charge in [0, 0.05) is 10.7 Å². The Hall–Kier alpha value is -3.77. The lowest BCUT2D eigenvalue weighted by Crippen LogP contribution is -2.32. The predicted molar refractivity (Wildman–Crippen MR) is 128 cm³/mol. The molecule has 1 N–H and O–H groups in total. The van der Waals surface area contributed by atoms with Crippen molar-refractivity contribution >= 4 is 34.7 Å². The molecule has 6 nitrogen and oxygen atoms in total. The van der Waals surface area contributed by atoms with Crippen molar-refractivity contribution in [1.82, 2.24) is 4.90 Å². The molecule has 168 valence electrons. The SMILES string of the molecule is COc1ccc(C2=C(Nc3cccc(Cl)c3C)C(=O)N(Cc3ccccc3)C2=O)cc1OC. The minimum atomic E-state index is -0.409. The zero-order valence-electron chi connectivity index (χ0n) is 18.5. The zero-order valence-corrected chi connectivity index (χ0v) is 19.3. The lowest BCUT2D eigenvalue weighted by atomic mass is 10.0. The molecule has 0 bridgehead atoms. The Morgan fingerprint density at radius 2 is 1.61 bits per heavy atom. The summed E-state index contributed by atoms with van der Waals surface area (Å²) in [5.41, 5.74) is 3.28. The summed E-state index contributed by atoms with van der Waals surface area (Å²) in [6.07, 6.45) is 0. The van der Waals surface area contributed by atoms with Crippen LogP contribution < -0.4 is 14.8 Å². The van der Waals surface area contributed by atoms with E-state index in [0.717, 1.165) is 11.1 Å². The van der Waals surface area contributed by atoms with Gasteiger partial charge in [-0.1, -0.05) is 54.1 Å². The Bertz CT molecular complexity index is 1250. The molecule has 3 aromatic rings. The smallest absolute Gasteiger partial charge is 0.278 e. The summed E-state index contributed by atoms with van der Waals surface area (Å²) in [5.74, 6) is 0.189. The molecule has 4 rings (SSSR count). The van der Waals surface area contributed by atoms with Crippen LogP contribution in [0.5, 0.6) is 11.5 Å². The van der Waals surface area contributed by atoms with Crippen molar-refractivity contribution in [2.24, 2.45) is 0 Å². The van der Waals surface area contributed by atoms with Gasteiger partial charge in [0.25, 0.3) is 11.8 Å². The number of methoxy groups -OCH3 is 2. The first-order valence-electron chi connectivity index (χ1n) is 10.3. The molecule has 0 unspecified atom stereocenters. The maximum absolute atomic E-state index is 13.5. The van der Waals surface area contributed by atoms with Crippen LogP contribution in [-0.4, -0.2) is 30.9 Å². The Kier molecular flexibility index (Phi) is 6.38. The minimum absolute atomic E-state index is 0.162. The standard InChI is InChI=1S/C26H23ClN2O4/c1-16-19(27)10-7-11-20(16)28-24-23(18-12-13-21(32-2)22(14-18)33-3)25(30)29(26(24)31)15-17-8-5-4-6-9-17/h4-14,28H,15H2,1-3H3. The van der Waals surface area contributed by atoms with Crippen molar-refractivity contribution in [2.75, 3.05) is 19.5 Å². The van der Waals surface area contributed by atoms with E-state index in [9.17, 15) is 9.59 Å². The van der Waals surface area contributed by atoms with Crippen molar-refractivity contribution in [3.05, 3.63) is 94.1 Å². The molecule has 0 atom stereocenters. The van der Waals surface area contributed by atoms with Crippen LogP contribution in [-0.2, 0) is 16.1 Å². The van der Waals surface area contributed by atoms with Crippen LogP contribution in [0.25, 0.3) is 5.57 Å². The monoisotopic (exact) mass is 462 g/mol. The molecule has 0 fully saturated rings. The van der Waals surface area contributed by atoms with Gasteiger partial charge >= 0.3 is 0 Å². The first-order chi connectivity index (χ1) is 15.9. The van der Waals surface area contributed by atoms with Gasteiger partial charge < -0.3 is 14.8 Å². The number of benzene rings is 3. The third-order valence-corrected chi connectivity index (χ3v) is 5.96. The van der Waals surface area contributed by atoms with Gasteiger partial charge in [0.05, 0.1) is 26.3 Å². The van der Waals surface area contributed by atoms with Gasteiger partial charge in [-0.25, -0.2) is 0 Å². The third-order valence-electron chi connectivity index (χ3n) is 5.55. The Labute approximate surface area is 197 Å². The van der Waals surface area contributed by atoms with Crippen LogP contribution in [0.4, 0.5) is 5.69 Å². The number of carbonyl (C=O) groups is 2. The quantitative estimate of drug-likeness (QED) is 0.497. The van der Waals surface area contributed by atoms with E-state index in [0.29, 0.717) is 27.8 Å². The lowest BCUT2D eigenvalue weighted by molar-refractivity contribution is -0.137. The molecule has 1 heterocycles. The Morgan fingerprint density at radius 1 is 0.879 bits per heavy atom. The van der Waals surface area contributed by atoms with Crippen molar-refractivity contribution < 1.29 is 19.1 Å². The summed E-state index contributed by atoms with van der Waals surface area (Å²) in [6, 6.07) is 19.9. The molecule has 3 aromatic carbocycles. The van der Waals surface area contributed by atoms with E-state index in [1.165, 1.54) is 19.1 Å². The first-order valence-corrected chi connectivity index (χ1v) is 10.7. The number of hydrogen-bond donors (Lipinski definition) is 1. The molecular formula is C26H23ClN2O4. The summed E-state index contributed by atoms with van der Waals surface area (Å²) in [5, 5.41) is 3.73. The summed E-state index contributed by atoms with van der Waals surface area (Å²) in [4.78, 5) is 28.3. The van der Waals surface area contributed by atoms with E-state index in [-0.39, 0.29) is 17.8 Å². The average molecular weight is 463 g/mol. The fourth-order valence-corrected chi connectivity index (χ4v) is 3.91. The number of ether oxygens (including phenoxy) is 2. The molecule has 2 amide bonds. The number of anilines is 1. The predicted octanol–water partition coefficient (Wildman–Crippen LogP) is 5.06. The van der Waals surface area contributed by atoms with Gasteiger partial charge in [-0.15, -0.1) is 0 Å². The van der Waals surface area contributed by atoms with Crippen LogP contribution in [0, 0.1) is 6.92 Å². The highest BCUT2D eigenvalue weighted by atomic mass is 35.5. The fraction of sp³-hybridized carbons (Fsp3) is 0.154. The van der Waals surface area contributed by atoms with Crippen molar-refractivity contribution in [3.63, 3.8) is 0 Å². The number of amides is 2. The summed E-state index contributed by atoms with van der Waals surface area (Å²) in [6.45, 7) is 2.01. The normalized spacial score (nSPS) is 13.5. The largest absolute Gasteiger partial charge is 0.493 e. The van der Waals surface area contributed by atoms with Gasteiger partial charge in [-0.3, -0.25) is 14.5 Å². The second-order valence-electron chi connectivity index (χ2n) is 7.54. The number of halogens is 1. The van der Waals surface area contributed by atoms with Gasteiger partial charge in [0.15, 0.2) is 11.5 Å². The molecule has 0 spiro atoms. The molecule has 7 heteroatoms. The number of nitrogens with one attached hydrogen (secondary N) is 1. The van der Waals surface area contributed by atoms with E-state index < -0.39 is 11.8 Å². The number of hydrogen-bond acceptors (Lipinski definition) is 5. The fourth-order valence-electron chi connectivity index (χ4n) is 3.74. The van der Waals surface area contributed by atoms with E-state index in [1.807, 2.05) is 43.3 Å². The first kappa shape index (κ1) is 22.4. The second kappa shape index (κ2) is 9.38. The minimum Gasteiger partial charge on any atom is -0.493 e. The van der Waals surface area contributed by atoms with E-state index >= 15 is 0 Å². The molecule has 1 aliphatic rings. The van der Waals surface area contributed by atoms with E-state index in [2.05, 4.69) is 5.32 Å². The highest BCUT2D eigenvalue weighted by molar-refractivity contribution is 6.36. The molecule has 0 aliphatic carbocycles. The highest BCUT2D eigenvalue weighted by Gasteiger charge is 2.39. The van der Waals surface area contributed by atoms with Crippen LogP contribution in [0.3, 0.4) is 0 Å². The Balaban J connectivity index is 1.81. The molecule has 1 aliphatic heterocycles. The molecule has 0 saturated heterocycles. The second-order valence-corrected chi connectivity index (χ2v) is 7.95. The highest BCUT2D eigenvalue weighted by Crippen LogP contribution is 2.37. The van der Waals surface area contributed by atoms with Crippen molar-refractivity contribution in [3.8, 4) is 11.5 Å². The van der Waals surface area contributed by atoms with Gasteiger partial charge in [-0.05, 0) is 47.9 Å². The lowest BCUT2D eigenvalue weighted by Gasteiger charge is -2.16. The zero-order chi connectivity index (χ0) is 23.5. The number of nitrogens with zero attached hydrogens (tertiary/aromatic N) is 1.